The number of rotatable bonds is 4. The van der Waals surface area contributed by atoms with E-state index in [-0.39, 0.29) is 18.5 Å². The van der Waals surface area contributed by atoms with E-state index in [1.54, 1.807) is 16.9 Å². The zero-order chi connectivity index (χ0) is 19.2. The van der Waals surface area contributed by atoms with Crippen LogP contribution in [0.15, 0.2) is 42.5 Å². The van der Waals surface area contributed by atoms with Crippen LogP contribution in [-0.2, 0) is 9.53 Å². The number of nitrogens with zero attached hydrogens (tertiary/aromatic N) is 2. The normalized spacial score (nSPS) is 13.5. The maximum absolute atomic E-state index is 12.8. The second-order valence-corrected chi connectivity index (χ2v) is 6.41. The predicted molar refractivity (Wildman–Crippen MR) is 108 cm³/mol. The van der Waals surface area contributed by atoms with Crippen molar-refractivity contribution in [2.24, 2.45) is 0 Å². The number of esters is 1. The molecular formula is C19H22N4O3S. The third kappa shape index (κ3) is 4.46. The van der Waals surface area contributed by atoms with Gasteiger partial charge in [0.15, 0.2) is 5.11 Å². The number of hydrogen-bond donors (Lipinski definition) is 2. The number of thiocarbonyl (C=S) groups is 1. The van der Waals surface area contributed by atoms with Gasteiger partial charge in [0.1, 0.15) is 6.54 Å². The molecule has 1 fully saturated rings. The maximum Gasteiger partial charge on any atom is 0.340 e. The Morgan fingerprint density at radius 2 is 1.85 bits per heavy atom. The molecule has 2 aromatic carbocycles. The lowest BCUT2D eigenvalue weighted by Crippen LogP contribution is -2.51. The van der Waals surface area contributed by atoms with Crippen LogP contribution in [0.2, 0.25) is 0 Å². The minimum Gasteiger partial charge on any atom is -0.465 e. The summed E-state index contributed by atoms with van der Waals surface area (Å²) in [5.41, 5.74) is 0.746. The van der Waals surface area contributed by atoms with Crippen LogP contribution >= 0.6 is 12.2 Å². The molecule has 1 saturated heterocycles. The molecule has 0 spiro atoms. The van der Waals surface area contributed by atoms with Gasteiger partial charge in [0.05, 0.1) is 12.3 Å². The zero-order valence-electron chi connectivity index (χ0n) is 15.1. The number of amides is 2. The van der Waals surface area contributed by atoms with Crippen molar-refractivity contribution in [3.05, 3.63) is 42.5 Å². The predicted octanol–water partition coefficient (Wildman–Crippen LogP) is 2.73. The SMILES string of the molecule is CCOC(=O)CNC(=S)N1CCCN1C(=O)Nc1cccc2ccccc12. The van der Waals surface area contributed by atoms with Gasteiger partial charge in [-0.15, -0.1) is 0 Å². The highest BCUT2D eigenvalue weighted by molar-refractivity contribution is 7.80. The molecule has 0 aromatic heterocycles. The monoisotopic (exact) mass is 386 g/mol. The molecule has 2 amide bonds. The van der Waals surface area contributed by atoms with E-state index in [9.17, 15) is 9.59 Å². The van der Waals surface area contributed by atoms with E-state index in [2.05, 4.69) is 10.6 Å². The topological polar surface area (TPSA) is 73.9 Å². The number of carbonyl (C=O) groups excluding carboxylic acids is 2. The first-order valence-electron chi connectivity index (χ1n) is 8.87. The third-order valence-corrected chi connectivity index (χ3v) is 4.58. The molecule has 27 heavy (non-hydrogen) atoms. The van der Waals surface area contributed by atoms with E-state index in [1.807, 2.05) is 42.5 Å². The number of nitrogens with one attached hydrogen (secondary N) is 2. The Bertz CT molecular complexity index is 852. The highest BCUT2D eigenvalue weighted by Gasteiger charge is 2.29. The van der Waals surface area contributed by atoms with E-state index in [0.29, 0.717) is 24.8 Å². The van der Waals surface area contributed by atoms with Gasteiger partial charge in [-0.25, -0.2) is 9.80 Å². The van der Waals surface area contributed by atoms with Crippen LogP contribution in [-0.4, -0.2) is 53.4 Å². The molecule has 0 radical (unpaired) electrons. The van der Waals surface area contributed by atoms with Gasteiger partial charge in [-0.2, -0.15) is 0 Å². The van der Waals surface area contributed by atoms with Crippen molar-refractivity contribution in [3.8, 4) is 0 Å². The van der Waals surface area contributed by atoms with Crippen molar-refractivity contribution in [2.75, 3.05) is 31.6 Å². The molecule has 0 bridgehead atoms. The van der Waals surface area contributed by atoms with Gasteiger partial charge in [0.2, 0.25) is 0 Å². The summed E-state index contributed by atoms with van der Waals surface area (Å²) in [7, 11) is 0. The van der Waals surface area contributed by atoms with E-state index in [4.69, 9.17) is 17.0 Å². The van der Waals surface area contributed by atoms with Gasteiger partial charge in [-0.05, 0) is 37.0 Å². The molecule has 1 aliphatic heterocycles. The Balaban J connectivity index is 1.66. The summed E-state index contributed by atoms with van der Waals surface area (Å²) in [4.78, 5) is 24.3. The van der Waals surface area contributed by atoms with Crippen LogP contribution < -0.4 is 10.6 Å². The van der Waals surface area contributed by atoms with E-state index in [0.717, 1.165) is 22.9 Å². The molecule has 8 heteroatoms. The lowest BCUT2D eigenvalue weighted by molar-refractivity contribution is -0.141. The minimum absolute atomic E-state index is 0.0258. The molecule has 2 N–H and O–H groups in total. The van der Waals surface area contributed by atoms with Crippen molar-refractivity contribution in [1.82, 2.24) is 15.3 Å². The summed E-state index contributed by atoms with van der Waals surface area (Å²) in [6, 6.07) is 13.4. The molecule has 3 rings (SSSR count). The van der Waals surface area contributed by atoms with Crippen LogP contribution in [0.3, 0.4) is 0 Å². The Hall–Kier alpha value is -2.87. The number of carbonyl (C=O) groups is 2. The van der Waals surface area contributed by atoms with Gasteiger partial charge in [0, 0.05) is 18.5 Å². The Morgan fingerprint density at radius 3 is 2.67 bits per heavy atom. The quantitative estimate of drug-likeness (QED) is 0.622. The zero-order valence-corrected chi connectivity index (χ0v) is 15.9. The van der Waals surface area contributed by atoms with Crippen molar-refractivity contribution in [3.63, 3.8) is 0 Å². The highest BCUT2D eigenvalue weighted by atomic mass is 32.1. The second-order valence-electron chi connectivity index (χ2n) is 6.02. The second kappa shape index (κ2) is 8.68. The Kier molecular flexibility index (Phi) is 6.08. The van der Waals surface area contributed by atoms with Gasteiger partial charge >= 0.3 is 12.0 Å². The molecule has 0 aliphatic carbocycles. The maximum atomic E-state index is 12.8. The third-order valence-electron chi connectivity index (χ3n) is 4.22. The first-order chi connectivity index (χ1) is 13.1. The molecule has 2 aromatic rings. The summed E-state index contributed by atoms with van der Waals surface area (Å²) in [5, 5.41) is 11.4. The van der Waals surface area contributed by atoms with Crippen LogP contribution in [0.5, 0.6) is 0 Å². The first-order valence-corrected chi connectivity index (χ1v) is 9.28. The van der Waals surface area contributed by atoms with Crippen LogP contribution in [0.4, 0.5) is 10.5 Å². The van der Waals surface area contributed by atoms with Crippen molar-refractivity contribution in [2.45, 2.75) is 13.3 Å². The molecular weight excluding hydrogens is 364 g/mol. The number of hydrogen-bond acceptors (Lipinski definition) is 4. The number of anilines is 1. The largest absolute Gasteiger partial charge is 0.465 e. The highest BCUT2D eigenvalue weighted by Crippen LogP contribution is 2.24. The van der Waals surface area contributed by atoms with E-state index >= 15 is 0 Å². The summed E-state index contributed by atoms with van der Waals surface area (Å²) in [6.07, 6.45) is 0.796. The fourth-order valence-electron chi connectivity index (χ4n) is 3.00. The standard InChI is InChI=1S/C19H22N4O3S/c1-2-26-17(24)13-20-19(27)23-12-6-11-22(23)18(25)21-16-10-5-8-14-7-3-4-9-15(14)16/h3-5,7-10H,2,6,11-13H2,1H3,(H,20,27)(H,21,25). The summed E-state index contributed by atoms with van der Waals surface area (Å²) in [5.74, 6) is -0.384. The summed E-state index contributed by atoms with van der Waals surface area (Å²) < 4.78 is 4.88. The first kappa shape index (κ1) is 18.9. The Labute approximate surface area is 163 Å². The Morgan fingerprint density at radius 1 is 1.11 bits per heavy atom. The van der Waals surface area contributed by atoms with Gasteiger partial charge in [-0.3, -0.25) is 9.80 Å². The lowest BCUT2D eigenvalue weighted by atomic mass is 10.1. The number of hydrazine groups is 1. The molecule has 0 saturated carbocycles. The van der Waals surface area contributed by atoms with Crippen LogP contribution in [0.25, 0.3) is 10.8 Å². The lowest BCUT2D eigenvalue weighted by Gasteiger charge is -2.30. The molecule has 142 valence electrons. The average Bonchev–Trinajstić information content (AvgIpc) is 3.17. The molecule has 0 unspecified atom stereocenters. The minimum atomic E-state index is -0.384. The molecule has 7 nitrogen and oxygen atoms in total. The van der Waals surface area contributed by atoms with Crippen molar-refractivity contribution >= 4 is 45.8 Å². The summed E-state index contributed by atoms with van der Waals surface area (Å²) >= 11 is 5.34. The van der Waals surface area contributed by atoms with Gasteiger partial charge in [0.25, 0.3) is 0 Å². The number of fused-ring (bicyclic) bond motifs is 1. The average molecular weight is 386 g/mol. The molecule has 0 atom stereocenters. The van der Waals surface area contributed by atoms with Gasteiger partial charge in [-0.1, -0.05) is 36.4 Å². The van der Waals surface area contributed by atoms with Crippen molar-refractivity contribution in [1.29, 1.82) is 0 Å². The number of benzene rings is 2. The van der Waals surface area contributed by atoms with Crippen molar-refractivity contribution < 1.29 is 14.3 Å². The smallest absolute Gasteiger partial charge is 0.340 e. The van der Waals surface area contributed by atoms with E-state index < -0.39 is 0 Å². The molecule has 1 aliphatic rings. The fourth-order valence-corrected chi connectivity index (χ4v) is 3.26. The number of ether oxygens (including phenoxy) is 1. The van der Waals surface area contributed by atoms with Gasteiger partial charge < -0.3 is 15.4 Å². The summed E-state index contributed by atoms with van der Waals surface area (Å²) in [6.45, 7) is 3.20. The van der Waals surface area contributed by atoms with Crippen LogP contribution in [0, 0.1) is 0 Å². The molecule has 1 heterocycles. The van der Waals surface area contributed by atoms with E-state index in [1.165, 1.54) is 0 Å². The van der Waals surface area contributed by atoms with Crippen LogP contribution in [0.1, 0.15) is 13.3 Å². The number of urea groups is 1. The fraction of sp³-hybridized carbons (Fsp3) is 0.316.